The molecule has 1 saturated heterocycles. The SMILES string of the molecule is CCC(N)Cc1cnc(N2CCN(C)C(CC)C2)nc1. The van der Waals surface area contributed by atoms with Gasteiger partial charge in [-0.3, -0.25) is 4.90 Å². The maximum Gasteiger partial charge on any atom is 0.225 e. The highest BCUT2D eigenvalue weighted by Gasteiger charge is 2.24. The van der Waals surface area contributed by atoms with Crippen LogP contribution in [0.1, 0.15) is 32.3 Å². The highest BCUT2D eigenvalue weighted by atomic mass is 15.3. The van der Waals surface area contributed by atoms with E-state index in [9.17, 15) is 0 Å². The van der Waals surface area contributed by atoms with Gasteiger partial charge in [0.25, 0.3) is 0 Å². The average Bonchev–Trinajstić information content (AvgIpc) is 2.48. The molecule has 1 fully saturated rings. The van der Waals surface area contributed by atoms with E-state index in [1.165, 1.54) is 0 Å². The topological polar surface area (TPSA) is 58.3 Å². The van der Waals surface area contributed by atoms with Gasteiger partial charge in [0.1, 0.15) is 0 Å². The fourth-order valence-corrected chi connectivity index (χ4v) is 2.63. The summed E-state index contributed by atoms with van der Waals surface area (Å²) in [6.07, 6.45) is 6.86. The average molecular weight is 277 g/mol. The summed E-state index contributed by atoms with van der Waals surface area (Å²) in [7, 11) is 2.20. The lowest BCUT2D eigenvalue weighted by atomic mass is 10.1. The first-order valence-corrected chi connectivity index (χ1v) is 7.65. The molecular weight excluding hydrogens is 250 g/mol. The quantitative estimate of drug-likeness (QED) is 0.879. The first kappa shape index (κ1) is 15.2. The predicted octanol–water partition coefficient (Wildman–Crippen LogP) is 1.29. The minimum Gasteiger partial charge on any atom is -0.338 e. The van der Waals surface area contributed by atoms with E-state index < -0.39 is 0 Å². The monoisotopic (exact) mass is 277 g/mol. The van der Waals surface area contributed by atoms with Gasteiger partial charge in [-0.05, 0) is 31.9 Å². The van der Waals surface area contributed by atoms with Crippen LogP contribution >= 0.6 is 0 Å². The Balaban J connectivity index is 1.99. The molecule has 1 aromatic rings. The van der Waals surface area contributed by atoms with Gasteiger partial charge in [0, 0.05) is 44.1 Å². The molecule has 5 nitrogen and oxygen atoms in total. The molecule has 0 amide bonds. The molecule has 0 spiro atoms. The Morgan fingerprint density at radius 3 is 2.60 bits per heavy atom. The van der Waals surface area contributed by atoms with E-state index in [2.05, 4.69) is 40.7 Å². The number of likely N-dealkylation sites (N-methyl/N-ethyl adjacent to an activating group) is 1. The van der Waals surface area contributed by atoms with Crippen LogP contribution in [0.2, 0.25) is 0 Å². The van der Waals surface area contributed by atoms with Gasteiger partial charge < -0.3 is 10.6 Å². The third-order valence-electron chi connectivity index (χ3n) is 4.25. The van der Waals surface area contributed by atoms with Gasteiger partial charge >= 0.3 is 0 Å². The van der Waals surface area contributed by atoms with Crippen molar-refractivity contribution in [3.05, 3.63) is 18.0 Å². The zero-order chi connectivity index (χ0) is 14.5. The van der Waals surface area contributed by atoms with Gasteiger partial charge in [0.15, 0.2) is 0 Å². The van der Waals surface area contributed by atoms with Gasteiger partial charge in [-0.15, -0.1) is 0 Å². The third kappa shape index (κ3) is 3.67. The molecule has 0 aromatic carbocycles. The molecule has 0 bridgehead atoms. The number of aromatic nitrogens is 2. The summed E-state index contributed by atoms with van der Waals surface area (Å²) in [5, 5.41) is 0. The van der Waals surface area contributed by atoms with Crippen molar-refractivity contribution in [1.82, 2.24) is 14.9 Å². The maximum atomic E-state index is 5.97. The van der Waals surface area contributed by atoms with E-state index >= 15 is 0 Å². The molecule has 20 heavy (non-hydrogen) atoms. The second kappa shape index (κ2) is 6.99. The molecule has 0 aliphatic carbocycles. The number of nitrogens with two attached hydrogens (primary N) is 1. The summed E-state index contributed by atoms with van der Waals surface area (Å²) >= 11 is 0. The predicted molar refractivity (Wildman–Crippen MR) is 82.9 cm³/mol. The summed E-state index contributed by atoms with van der Waals surface area (Å²) in [6.45, 7) is 7.43. The van der Waals surface area contributed by atoms with E-state index in [0.717, 1.165) is 50.4 Å². The lowest BCUT2D eigenvalue weighted by Crippen LogP contribution is -2.51. The molecule has 2 atom stereocenters. The lowest BCUT2D eigenvalue weighted by molar-refractivity contribution is 0.212. The van der Waals surface area contributed by atoms with Crippen molar-refractivity contribution in [1.29, 1.82) is 0 Å². The van der Waals surface area contributed by atoms with Crippen LogP contribution in [0.25, 0.3) is 0 Å². The van der Waals surface area contributed by atoms with Gasteiger partial charge in [-0.1, -0.05) is 13.8 Å². The summed E-state index contributed by atoms with van der Waals surface area (Å²) < 4.78 is 0. The first-order valence-electron chi connectivity index (χ1n) is 7.65. The molecule has 1 aliphatic rings. The second-order valence-corrected chi connectivity index (χ2v) is 5.75. The highest BCUT2D eigenvalue weighted by Crippen LogP contribution is 2.16. The molecule has 5 heteroatoms. The van der Waals surface area contributed by atoms with Gasteiger partial charge in [-0.2, -0.15) is 0 Å². The maximum absolute atomic E-state index is 5.97. The molecule has 1 aromatic heterocycles. The number of rotatable bonds is 5. The van der Waals surface area contributed by atoms with Crippen molar-refractivity contribution in [3.8, 4) is 0 Å². The largest absolute Gasteiger partial charge is 0.338 e. The third-order valence-corrected chi connectivity index (χ3v) is 4.25. The van der Waals surface area contributed by atoms with Crippen LogP contribution < -0.4 is 10.6 Å². The summed E-state index contributed by atoms with van der Waals surface area (Å²) in [5.74, 6) is 0.852. The Morgan fingerprint density at radius 2 is 2.00 bits per heavy atom. The molecule has 112 valence electrons. The molecule has 2 rings (SSSR count). The van der Waals surface area contributed by atoms with Crippen molar-refractivity contribution in [2.24, 2.45) is 5.73 Å². The molecule has 2 N–H and O–H groups in total. The van der Waals surface area contributed by atoms with E-state index in [1.54, 1.807) is 0 Å². The molecule has 2 unspecified atom stereocenters. The van der Waals surface area contributed by atoms with E-state index in [4.69, 9.17) is 5.73 Å². The van der Waals surface area contributed by atoms with Crippen LogP contribution in [0.4, 0.5) is 5.95 Å². The first-order chi connectivity index (χ1) is 9.63. The number of anilines is 1. The zero-order valence-electron chi connectivity index (χ0n) is 12.9. The van der Waals surface area contributed by atoms with Crippen molar-refractivity contribution >= 4 is 5.95 Å². The van der Waals surface area contributed by atoms with Crippen LogP contribution in [0, 0.1) is 0 Å². The molecular formula is C15H27N5. The number of nitrogens with zero attached hydrogens (tertiary/aromatic N) is 4. The van der Waals surface area contributed by atoms with Crippen molar-refractivity contribution in [2.45, 2.75) is 45.2 Å². The van der Waals surface area contributed by atoms with Gasteiger partial charge in [-0.25, -0.2) is 9.97 Å². The smallest absolute Gasteiger partial charge is 0.225 e. The number of piperazine rings is 1. The van der Waals surface area contributed by atoms with Crippen molar-refractivity contribution in [2.75, 3.05) is 31.6 Å². The summed E-state index contributed by atoms with van der Waals surface area (Å²) in [5.41, 5.74) is 7.09. The van der Waals surface area contributed by atoms with Crippen molar-refractivity contribution in [3.63, 3.8) is 0 Å². The lowest BCUT2D eigenvalue weighted by Gasteiger charge is -2.39. The Labute approximate surface area is 122 Å². The molecule has 1 aliphatic heterocycles. The number of hydrogen-bond acceptors (Lipinski definition) is 5. The Bertz CT molecular complexity index is 405. The highest BCUT2D eigenvalue weighted by molar-refractivity contribution is 5.31. The standard InChI is InChI=1S/C15H27N5/c1-4-13(16)8-12-9-17-15(18-10-12)20-7-6-19(3)14(5-2)11-20/h9-10,13-14H,4-8,11,16H2,1-3H3. The minimum atomic E-state index is 0.206. The van der Waals surface area contributed by atoms with Crippen LogP contribution in [0.3, 0.4) is 0 Å². The second-order valence-electron chi connectivity index (χ2n) is 5.75. The van der Waals surface area contributed by atoms with E-state index in [-0.39, 0.29) is 6.04 Å². The Morgan fingerprint density at radius 1 is 1.30 bits per heavy atom. The Hall–Kier alpha value is -1.20. The van der Waals surface area contributed by atoms with Gasteiger partial charge in [0.2, 0.25) is 5.95 Å². The Kier molecular flexibility index (Phi) is 5.31. The molecule has 0 radical (unpaired) electrons. The van der Waals surface area contributed by atoms with Crippen LogP contribution in [0.15, 0.2) is 12.4 Å². The fourth-order valence-electron chi connectivity index (χ4n) is 2.63. The van der Waals surface area contributed by atoms with Crippen LogP contribution in [-0.2, 0) is 6.42 Å². The van der Waals surface area contributed by atoms with Gasteiger partial charge in [0.05, 0.1) is 0 Å². The molecule has 2 heterocycles. The fraction of sp³-hybridized carbons (Fsp3) is 0.733. The van der Waals surface area contributed by atoms with E-state index in [0.29, 0.717) is 6.04 Å². The summed E-state index contributed by atoms with van der Waals surface area (Å²) in [4.78, 5) is 13.8. The van der Waals surface area contributed by atoms with Crippen LogP contribution in [-0.4, -0.2) is 53.6 Å². The minimum absolute atomic E-state index is 0.206. The van der Waals surface area contributed by atoms with E-state index in [1.807, 2.05) is 12.4 Å². The zero-order valence-corrected chi connectivity index (χ0v) is 12.9. The number of hydrogen-bond donors (Lipinski definition) is 1. The summed E-state index contributed by atoms with van der Waals surface area (Å²) in [6, 6.07) is 0.804. The van der Waals surface area contributed by atoms with Crippen molar-refractivity contribution < 1.29 is 0 Å². The normalized spacial score (nSPS) is 22.0. The van der Waals surface area contributed by atoms with Crippen LogP contribution in [0.5, 0.6) is 0 Å². The molecule has 0 saturated carbocycles.